The van der Waals surface area contributed by atoms with Crippen molar-refractivity contribution in [2.24, 2.45) is 0 Å². The zero-order valence-electron chi connectivity index (χ0n) is 11.1. The van der Waals surface area contributed by atoms with Gasteiger partial charge in [-0.2, -0.15) is 5.10 Å². The number of rotatable bonds is 5. The van der Waals surface area contributed by atoms with Crippen molar-refractivity contribution in [2.45, 2.75) is 6.54 Å². The van der Waals surface area contributed by atoms with Crippen molar-refractivity contribution in [1.82, 2.24) is 24.6 Å². The minimum atomic E-state index is -1.28. The van der Waals surface area contributed by atoms with Gasteiger partial charge in [-0.15, -0.1) is 0 Å². The van der Waals surface area contributed by atoms with Crippen LogP contribution in [0.15, 0.2) is 45.8 Å². The van der Waals surface area contributed by atoms with Crippen LogP contribution in [0.2, 0.25) is 0 Å². The normalized spacial score (nSPS) is 11.5. The summed E-state index contributed by atoms with van der Waals surface area (Å²) in [6.45, 7) is -0.402. The van der Waals surface area contributed by atoms with Gasteiger partial charge in [0, 0.05) is 17.2 Å². The van der Waals surface area contributed by atoms with E-state index in [1.165, 1.54) is 17.1 Å². The molecule has 0 aliphatic carbocycles. The Morgan fingerprint density at radius 3 is 2.86 bits per heavy atom. The monoisotopic (exact) mass is 371 g/mol. The molecule has 2 aromatic heterocycles. The molecule has 0 saturated carbocycles. The van der Waals surface area contributed by atoms with Gasteiger partial charge in [-0.05, 0) is 33.6 Å². The summed E-state index contributed by atoms with van der Waals surface area (Å²) in [5.74, 6) is 0.369. The van der Waals surface area contributed by atoms with E-state index in [0.29, 0.717) is 5.82 Å². The van der Waals surface area contributed by atoms with Crippen LogP contribution in [-0.4, -0.2) is 37.1 Å². The fourth-order valence-electron chi connectivity index (χ4n) is 1.62. The molecule has 0 atom stereocenters. The van der Waals surface area contributed by atoms with E-state index in [9.17, 15) is 14.0 Å². The Balaban J connectivity index is 2.19. The standard InChI is InChI=1S/C12H11BrFN5O3/c13-9-1-2-10(15-5-9)18-7-17-19(12(18)22)6-8(3-14)4-16-11(20)21/h1-3,5,7,16H,4,6H2,(H,20,21)/b8-3+. The Morgan fingerprint density at radius 1 is 1.50 bits per heavy atom. The SMILES string of the molecule is O=C(O)NC/C(=C\F)Cn1ncn(-c2ccc(Br)cn2)c1=O. The molecule has 116 valence electrons. The summed E-state index contributed by atoms with van der Waals surface area (Å²) in [4.78, 5) is 26.6. The van der Waals surface area contributed by atoms with Crippen molar-refractivity contribution < 1.29 is 14.3 Å². The molecule has 0 bridgehead atoms. The Bertz CT molecular complexity index is 753. The van der Waals surface area contributed by atoms with Crippen LogP contribution in [0.5, 0.6) is 0 Å². The molecule has 10 heteroatoms. The van der Waals surface area contributed by atoms with Crippen LogP contribution in [0.4, 0.5) is 9.18 Å². The highest BCUT2D eigenvalue weighted by Gasteiger charge is 2.10. The average molecular weight is 372 g/mol. The zero-order chi connectivity index (χ0) is 16.1. The molecule has 0 spiro atoms. The Labute approximate surface area is 132 Å². The van der Waals surface area contributed by atoms with Gasteiger partial charge in [-0.25, -0.2) is 28.2 Å². The first kappa shape index (κ1) is 15.9. The van der Waals surface area contributed by atoms with Crippen LogP contribution in [0.25, 0.3) is 5.82 Å². The minimum absolute atomic E-state index is 0.0681. The second-order valence-corrected chi connectivity index (χ2v) is 5.12. The fraction of sp³-hybridized carbons (Fsp3) is 0.167. The van der Waals surface area contributed by atoms with Gasteiger partial charge in [0.05, 0.1) is 12.9 Å². The van der Waals surface area contributed by atoms with Gasteiger partial charge in [0.2, 0.25) is 0 Å². The summed E-state index contributed by atoms with van der Waals surface area (Å²) in [6.07, 6.45) is 1.76. The molecule has 0 radical (unpaired) electrons. The highest BCUT2D eigenvalue weighted by atomic mass is 79.9. The quantitative estimate of drug-likeness (QED) is 0.824. The van der Waals surface area contributed by atoms with Crippen LogP contribution < -0.4 is 11.0 Å². The van der Waals surface area contributed by atoms with Crippen molar-refractivity contribution >= 4 is 22.0 Å². The summed E-state index contributed by atoms with van der Waals surface area (Å²) >= 11 is 3.24. The summed E-state index contributed by atoms with van der Waals surface area (Å²) in [6, 6.07) is 3.34. The maximum Gasteiger partial charge on any atom is 0.404 e. The molecule has 0 aliphatic rings. The highest BCUT2D eigenvalue weighted by molar-refractivity contribution is 9.10. The topological polar surface area (TPSA) is 102 Å². The van der Waals surface area contributed by atoms with E-state index < -0.39 is 11.8 Å². The predicted molar refractivity (Wildman–Crippen MR) is 78.5 cm³/mol. The molecule has 2 N–H and O–H groups in total. The van der Waals surface area contributed by atoms with E-state index in [1.807, 2.05) is 5.32 Å². The molecular weight excluding hydrogens is 361 g/mol. The third-order valence-corrected chi connectivity index (χ3v) is 3.13. The van der Waals surface area contributed by atoms with Gasteiger partial charge in [0.1, 0.15) is 12.1 Å². The lowest BCUT2D eigenvalue weighted by Gasteiger charge is -2.05. The largest absolute Gasteiger partial charge is 0.465 e. The number of hydrogen-bond donors (Lipinski definition) is 2. The van der Waals surface area contributed by atoms with Crippen LogP contribution in [-0.2, 0) is 6.54 Å². The van der Waals surface area contributed by atoms with Crippen molar-refractivity contribution in [3.8, 4) is 5.82 Å². The van der Waals surface area contributed by atoms with Gasteiger partial charge in [0.25, 0.3) is 0 Å². The molecule has 0 aliphatic heterocycles. The molecule has 2 heterocycles. The predicted octanol–water partition coefficient (Wildman–Crippen LogP) is 1.31. The number of halogens is 2. The number of hydrogen-bond acceptors (Lipinski definition) is 4. The molecule has 0 fully saturated rings. The second-order valence-electron chi connectivity index (χ2n) is 4.20. The summed E-state index contributed by atoms with van der Waals surface area (Å²) in [7, 11) is 0. The molecule has 22 heavy (non-hydrogen) atoms. The van der Waals surface area contributed by atoms with Gasteiger partial charge in [-0.1, -0.05) is 0 Å². The third-order valence-electron chi connectivity index (χ3n) is 2.67. The number of nitrogens with one attached hydrogen (secondary N) is 1. The lowest BCUT2D eigenvalue weighted by atomic mass is 10.3. The van der Waals surface area contributed by atoms with E-state index in [0.717, 1.165) is 9.15 Å². The van der Waals surface area contributed by atoms with Crippen molar-refractivity contribution in [3.63, 3.8) is 0 Å². The minimum Gasteiger partial charge on any atom is -0.465 e. The Morgan fingerprint density at radius 2 is 2.27 bits per heavy atom. The molecule has 0 unspecified atom stereocenters. The number of nitrogens with zero attached hydrogens (tertiary/aromatic N) is 4. The Kier molecular flexibility index (Phi) is 5.04. The maximum atomic E-state index is 12.7. The second kappa shape index (κ2) is 6.98. The van der Waals surface area contributed by atoms with Crippen LogP contribution in [0.1, 0.15) is 0 Å². The maximum absolute atomic E-state index is 12.7. The molecule has 1 amide bonds. The number of aromatic nitrogens is 4. The van der Waals surface area contributed by atoms with Crippen molar-refractivity contribution in [2.75, 3.05) is 6.54 Å². The molecule has 0 aromatic carbocycles. The first-order valence-electron chi connectivity index (χ1n) is 6.02. The molecule has 2 aromatic rings. The lowest BCUT2D eigenvalue weighted by molar-refractivity contribution is 0.195. The van der Waals surface area contributed by atoms with Crippen LogP contribution in [0, 0.1) is 0 Å². The van der Waals surface area contributed by atoms with Crippen LogP contribution in [0.3, 0.4) is 0 Å². The molecule has 2 rings (SSSR count). The number of amides is 1. The number of carboxylic acid groups (broad SMARTS) is 1. The zero-order valence-corrected chi connectivity index (χ0v) is 12.7. The number of pyridine rings is 1. The summed E-state index contributed by atoms with van der Waals surface area (Å²) in [5.41, 5.74) is -0.442. The average Bonchev–Trinajstić information content (AvgIpc) is 2.85. The molecule has 0 saturated heterocycles. The highest BCUT2D eigenvalue weighted by Crippen LogP contribution is 2.09. The lowest BCUT2D eigenvalue weighted by Crippen LogP contribution is -2.29. The van der Waals surface area contributed by atoms with Crippen molar-refractivity contribution in [3.05, 3.63) is 51.5 Å². The van der Waals surface area contributed by atoms with Crippen molar-refractivity contribution in [1.29, 1.82) is 0 Å². The third kappa shape index (κ3) is 3.79. The van der Waals surface area contributed by atoms with E-state index in [1.54, 1.807) is 12.1 Å². The smallest absolute Gasteiger partial charge is 0.404 e. The van der Waals surface area contributed by atoms with Gasteiger partial charge in [-0.3, -0.25) is 0 Å². The van der Waals surface area contributed by atoms with E-state index in [4.69, 9.17) is 5.11 Å². The number of carbonyl (C=O) groups is 1. The fourth-order valence-corrected chi connectivity index (χ4v) is 1.86. The van der Waals surface area contributed by atoms with E-state index >= 15 is 0 Å². The van der Waals surface area contributed by atoms with Gasteiger partial charge < -0.3 is 10.4 Å². The summed E-state index contributed by atoms with van der Waals surface area (Å²) in [5, 5.41) is 14.4. The summed E-state index contributed by atoms with van der Waals surface area (Å²) < 4.78 is 15.7. The molecule has 8 nitrogen and oxygen atoms in total. The molecular formula is C12H11BrFN5O3. The van der Waals surface area contributed by atoms with Gasteiger partial charge >= 0.3 is 11.8 Å². The first-order valence-corrected chi connectivity index (χ1v) is 6.82. The van der Waals surface area contributed by atoms with Gasteiger partial charge in [0.15, 0.2) is 0 Å². The van der Waals surface area contributed by atoms with E-state index in [2.05, 4.69) is 26.0 Å². The van der Waals surface area contributed by atoms with Crippen LogP contribution >= 0.6 is 15.9 Å². The van der Waals surface area contributed by atoms with E-state index in [-0.39, 0.29) is 25.0 Å². The first-order chi connectivity index (χ1) is 10.5. The Hall–Kier alpha value is -2.49.